The van der Waals surface area contributed by atoms with Crippen molar-refractivity contribution in [2.45, 2.75) is 52.0 Å². The molecule has 1 aliphatic heterocycles. The first-order chi connectivity index (χ1) is 18.7. The first-order valence-corrected chi connectivity index (χ1v) is 13.7. The van der Waals surface area contributed by atoms with Crippen LogP contribution in [-0.4, -0.2) is 58.4 Å². The molecule has 7 heteroatoms. The molecule has 2 aliphatic carbocycles. The number of ketones is 2. The van der Waals surface area contributed by atoms with Crippen molar-refractivity contribution < 1.29 is 18.8 Å². The topological polar surface area (TPSA) is 83.7 Å². The van der Waals surface area contributed by atoms with Gasteiger partial charge in [-0.3, -0.25) is 24.3 Å². The van der Waals surface area contributed by atoms with Crippen molar-refractivity contribution in [1.29, 1.82) is 0 Å². The molecular formula is C32H33N3O4. The van der Waals surface area contributed by atoms with Crippen molar-refractivity contribution in [3.8, 4) is 11.3 Å². The van der Waals surface area contributed by atoms with E-state index in [4.69, 9.17) is 4.42 Å². The summed E-state index contributed by atoms with van der Waals surface area (Å²) < 4.78 is 6.38. The highest BCUT2D eigenvalue weighted by molar-refractivity contribution is 6.53. The lowest BCUT2D eigenvalue weighted by atomic mass is 9.69. The average molecular weight is 524 g/mol. The van der Waals surface area contributed by atoms with E-state index in [1.54, 1.807) is 24.5 Å². The molecule has 3 aliphatic rings. The second kappa shape index (κ2) is 9.72. The fourth-order valence-electron chi connectivity index (χ4n) is 6.31. The summed E-state index contributed by atoms with van der Waals surface area (Å²) in [6.45, 7) is 9.43. The molecule has 7 nitrogen and oxygen atoms in total. The quantitative estimate of drug-likeness (QED) is 0.354. The highest BCUT2D eigenvalue weighted by Crippen LogP contribution is 2.45. The number of amides is 1. The van der Waals surface area contributed by atoms with Crippen LogP contribution in [0.3, 0.4) is 0 Å². The lowest BCUT2D eigenvalue weighted by molar-refractivity contribution is -0.127. The van der Waals surface area contributed by atoms with Crippen LogP contribution in [0.4, 0.5) is 0 Å². The molecule has 0 spiro atoms. The van der Waals surface area contributed by atoms with Crippen molar-refractivity contribution in [2.24, 2.45) is 0 Å². The molecule has 3 aromatic rings. The van der Waals surface area contributed by atoms with Crippen molar-refractivity contribution in [3.05, 3.63) is 81.9 Å². The van der Waals surface area contributed by atoms with Gasteiger partial charge >= 0.3 is 0 Å². The predicted octanol–water partition coefficient (Wildman–Crippen LogP) is 5.00. The lowest BCUT2D eigenvalue weighted by Crippen LogP contribution is -2.47. The Hall–Kier alpha value is -3.84. The van der Waals surface area contributed by atoms with E-state index in [1.807, 2.05) is 30.0 Å². The normalized spacial score (nSPS) is 18.7. The second-order valence-corrected chi connectivity index (χ2v) is 11.5. The average Bonchev–Trinajstić information content (AvgIpc) is 3.26. The molecule has 0 bridgehead atoms. The van der Waals surface area contributed by atoms with E-state index in [1.165, 1.54) is 5.56 Å². The Morgan fingerprint density at radius 3 is 2.59 bits per heavy atom. The third-order valence-electron chi connectivity index (χ3n) is 8.58. The highest BCUT2D eigenvalue weighted by atomic mass is 16.3. The summed E-state index contributed by atoms with van der Waals surface area (Å²) in [5, 5.41) is 0. The minimum atomic E-state index is -0.461. The number of Topliss-reactive ketones (excluding diaryl/α,β-unsaturated/α-hetero) is 2. The molecule has 0 radical (unpaired) electrons. The number of hydrogen-bond acceptors (Lipinski definition) is 6. The summed E-state index contributed by atoms with van der Waals surface area (Å²) in [6, 6.07) is 7.84. The van der Waals surface area contributed by atoms with Gasteiger partial charge < -0.3 is 9.32 Å². The molecule has 1 fully saturated rings. The number of nitrogens with zero attached hydrogens (tertiary/aromatic N) is 3. The van der Waals surface area contributed by atoms with Crippen molar-refractivity contribution in [2.75, 3.05) is 26.2 Å². The van der Waals surface area contributed by atoms with Crippen LogP contribution in [0.2, 0.25) is 0 Å². The zero-order valence-corrected chi connectivity index (χ0v) is 22.8. The van der Waals surface area contributed by atoms with E-state index >= 15 is 0 Å². The van der Waals surface area contributed by atoms with Gasteiger partial charge in [-0.15, -0.1) is 0 Å². The molecule has 3 heterocycles. The van der Waals surface area contributed by atoms with Crippen molar-refractivity contribution >= 4 is 23.5 Å². The van der Waals surface area contributed by atoms with Gasteiger partial charge in [0.15, 0.2) is 0 Å². The summed E-state index contributed by atoms with van der Waals surface area (Å²) >= 11 is 0. The van der Waals surface area contributed by atoms with Gasteiger partial charge in [-0.25, -0.2) is 0 Å². The summed E-state index contributed by atoms with van der Waals surface area (Å²) in [5.41, 5.74) is 5.50. The Morgan fingerprint density at radius 1 is 1.08 bits per heavy atom. The van der Waals surface area contributed by atoms with E-state index < -0.39 is 11.6 Å². The summed E-state index contributed by atoms with van der Waals surface area (Å²) in [4.78, 5) is 47.6. The largest absolute Gasteiger partial charge is 0.459 e. The summed E-state index contributed by atoms with van der Waals surface area (Å²) in [7, 11) is 0. The Labute approximate surface area is 228 Å². The number of carbonyl (C=O) groups excluding carboxylic acids is 3. The predicted molar refractivity (Wildman–Crippen MR) is 149 cm³/mol. The number of furan rings is 1. The fourth-order valence-corrected chi connectivity index (χ4v) is 6.31. The van der Waals surface area contributed by atoms with Gasteiger partial charge in [0.2, 0.25) is 17.5 Å². The Kier molecular flexibility index (Phi) is 6.34. The number of benzene rings is 1. The number of fused-ring (bicyclic) bond motifs is 5. The molecule has 0 atom stereocenters. The molecule has 6 rings (SSSR count). The number of pyridine rings is 1. The minimum Gasteiger partial charge on any atom is -0.459 e. The number of hydrogen-bond donors (Lipinski definition) is 0. The van der Waals surface area contributed by atoms with Crippen LogP contribution in [0, 0.1) is 6.92 Å². The number of aromatic nitrogens is 1. The molecular weight excluding hydrogens is 490 g/mol. The smallest absolute Gasteiger partial charge is 0.246 e. The fraction of sp³-hybridized carbons (Fsp3) is 0.375. The Balaban J connectivity index is 1.20. The Bertz CT molecular complexity index is 1510. The number of carbonyl (C=O) groups is 3. The lowest BCUT2D eigenvalue weighted by Gasteiger charge is -2.34. The van der Waals surface area contributed by atoms with Gasteiger partial charge in [-0.05, 0) is 60.4 Å². The van der Waals surface area contributed by atoms with Crippen LogP contribution in [0.15, 0.2) is 47.2 Å². The van der Waals surface area contributed by atoms with Gasteiger partial charge in [0, 0.05) is 61.3 Å². The molecule has 0 N–H and O–H groups in total. The van der Waals surface area contributed by atoms with E-state index in [0.29, 0.717) is 55.4 Å². The van der Waals surface area contributed by atoms with E-state index in [2.05, 4.69) is 29.8 Å². The first kappa shape index (κ1) is 25.4. The maximum absolute atomic E-state index is 13.4. The maximum Gasteiger partial charge on any atom is 0.246 e. The third-order valence-corrected chi connectivity index (χ3v) is 8.58. The molecule has 2 aromatic heterocycles. The van der Waals surface area contributed by atoms with Crippen LogP contribution in [0.5, 0.6) is 0 Å². The SMILES string of the molecule is Cc1c(CN2CCN(C(=O)/C=C/c3cccnc3)CC2)oc2c1C(=O)C(=O)c1c-2ccc2c1CCCC2(C)C. The summed E-state index contributed by atoms with van der Waals surface area (Å²) in [5.74, 6) is 0.355. The third kappa shape index (κ3) is 4.44. The molecule has 0 unspecified atom stereocenters. The zero-order valence-electron chi connectivity index (χ0n) is 22.8. The van der Waals surface area contributed by atoms with E-state index in [0.717, 1.165) is 41.5 Å². The molecule has 1 amide bonds. The zero-order chi connectivity index (χ0) is 27.3. The van der Waals surface area contributed by atoms with Crippen LogP contribution >= 0.6 is 0 Å². The van der Waals surface area contributed by atoms with Gasteiger partial charge in [0.25, 0.3) is 0 Å². The Morgan fingerprint density at radius 2 is 1.85 bits per heavy atom. The highest BCUT2D eigenvalue weighted by Gasteiger charge is 2.40. The molecule has 39 heavy (non-hydrogen) atoms. The van der Waals surface area contributed by atoms with Crippen molar-refractivity contribution in [1.82, 2.24) is 14.8 Å². The maximum atomic E-state index is 13.4. The van der Waals surface area contributed by atoms with Crippen LogP contribution < -0.4 is 0 Å². The first-order valence-electron chi connectivity index (χ1n) is 13.7. The van der Waals surface area contributed by atoms with Crippen LogP contribution in [-0.2, 0) is 23.2 Å². The molecule has 1 aromatic carbocycles. The second-order valence-electron chi connectivity index (χ2n) is 11.5. The van der Waals surface area contributed by atoms with Gasteiger partial charge in [0.05, 0.1) is 12.1 Å². The van der Waals surface area contributed by atoms with Crippen LogP contribution in [0.1, 0.15) is 75.4 Å². The number of rotatable bonds is 4. The van der Waals surface area contributed by atoms with Gasteiger partial charge in [-0.2, -0.15) is 0 Å². The van der Waals surface area contributed by atoms with Crippen LogP contribution in [0.25, 0.3) is 17.4 Å². The number of piperazine rings is 1. The van der Waals surface area contributed by atoms with E-state index in [-0.39, 0.29) is 11.3 Å². The molecule has 1 saturated heterocycles. The molecule has 0 saturated carbocycles. The molecule has 200 valence electrons. The van der Waals surface area contributed by atoms with E-state index in [9.17, 15) is 14.4 Å². The van der Waals surface area contributed by atoms with Gasteiger partial charge in [-0.1, -0.05) is 32.0 Å². The standard InChI is InChI=1S/C32H33N3O4/c1-20-25(19-34-14-16-35(17-15-34)26(36)11-8-21-6-5-13-33-18-21)39-31-23-9-10-24-22(7-4-12-32(24,2)3)28(23)30(38)29(37)27(20)31/h5-6,8-11,13,18H,4,7,12,14-17,19H2,1-3H3/b11-8+. The minimum absolute atomic E-state index is 0.0182. The van der Waals surface area contributed by atoms with Gasteiger partial charge in [0.1, 0.15) is 11.5 Å². The monoisotopic (exact) mass is 523 g/mol. The van der Waals surface area contributed by atoms with Crippen molar-refractivity contribution in [3.63, 3.8) is 0 Å². The summed E-state index contributed by atoms with van der Waals surface area (Å²) in [6.07, 6.45) is 9.68.